The number of amides is 5. The van der Waals surface area contributed by atoms with Gasteiger partial charge in [-0.25, -0.2) is 4.79 Å². The van der Waals surface area contributed by atoms with Gasteiger partial charge in [-0.15, -0.1) is 0 Å². The van der Waals surface area contributed by atoms with Crippen LogP contribution in [0.2, 0.25) is 0 Å². The molecule has 5 amide bonds. The summed E-state index contributed by atoms with van der Waals surface area (Å²) in [7, 11) is 0. The molecule has 0 saturated carbocycles. The normalized spacial score (nSPS) is 13.7. The molecule has 222 valence electrons. The van der Waals surface area contributed by atoms with E-state index in [0.717, 1.165) is 0 Å². The van der Waals surface area contributed by atoms with Crippen molar-refractivity contribution in [2.45, 2.75) is 82.0 Å². The van der Waals surface area contributed by atoms with Gasteiger partial charge in [-0.1, -0.05) is 0 Å². The number of primary amides is 2. The second-order valence-corrected chi connectivity index (χ2v) is 8.87. The van der Waals surface area contributed by atoms with Crippen LogP contribution in [0.25, 0.3) is 0 Å². The quantitative estimate of drug-likeness (QED) is 0.0364. The third-order valence-electron chi connectivity index (χ3n) is 5.49. The summed E-state index contributed by atoms with van der Waals surface area (Å²) in [4.78, 5) is 76.1. The minimum atomic E-state index is -1.44. The molecule has 0 radical (unpaired) electrons. The van der Waals surface area contributed by atoms with Crippen molar-refractivity contribution in [1.29, 1.82) is 0 Å². The topological polar surface area (TPSA) is 327 Å². The summed E-state index contributed by atoms with van der Waals surface area (Å²) in [5.74, 6) is -5.22. The molecule has 0 fully saturated rings. The van der Waals surface area contributed by atoms with Gasteiger partial charge in [0.15, 0.2) is 5.96 Å². The molecule has 0 spiro atoms. The van der Waals surface area contributed by atoms with Crippen molar-refractivity contribution in [3.63, 3.8) is 0 Å². The van der Waals surface area contributed by atoms with Gasteiger partial charge in [-0.2, -0.15) is 0 Å². The molecule has 0 aromatic rings. The summed E-state index contributed by atoms with van der Waals surface area (Å²) in [5, 5.41) is 16.7. The van der Waals surface area contributed by atoms with Crippen molar-refractivity contribution in [3.8, 4) is 0 Å². The fourth-order valence-electron chi connectivity index (χ4n) is 3.33. The molecule has 4 unspecified atom stereocenters. The van der Waals surface area contributed by atoms with Gasteiger partial charge in [0.2, 0.25) is 29.5 Å². The van der Waals surface area contributed by atoms with Crippen LogP contribution in [-0.2, 0) is 28.8 Å². The second kappa shape index (κ2) is 19.1. The fourth-order valence-corrected chi connectivity index (χ4v) is 3.33. The van der Waals surface area contributed by atoms with Crippen molar-refractivity contribution in [3.05, 3.63) is 0 Å². The van der Waals surface area contributed by atoms with Gasteiger partial charge in [0.05, 0.1) is 6.04 Å². The number of nitrogens with zero attached hydrogens (tertiary/aromatic N) is 1. The lowest BCUT2D eigenvalue weighted by molar-refractivity contribution is -0.142. The van der Waals surface area contributed by atoms with Crippen LogP contribution in [0.15, 0.2) is 4.99 Å². The molecule has 0 aliphatic heterocycles. The van der Waals surface area contributed by atoms with Crippen LogP contribution in [0, 0.1) is 0 Å². The minimum absolute atomic E-state index is 0.0120. The highest BCUT2D eigenvalue weighted by Gasteiger charge is 2.30. The van der Waals surface area contributed by atoms with E-state index in [2.05, 4.69) is 20.9 Å². The maximum Gasteiger partial charge on any atom is 0.326 e. The van der Waals surface area contributed by atoms with Gasteiger partial charge >= 0.3 is 5.97 Å². The molecule has 0 aliphatic rings. The Morgan fingerprint density at radius 3 is 1.64 bits per heavy atom. The molecule has 0 aromatic heterocycles. The van der Waals surface area contributed by atoms with Crippen LogP contribution in [-0.4, -0.2) is 83.8 Å². The summed E-state index contributed by atoms with van der Waals surface area (Å²) in [5.41, 5.74) is 32.1. The number of hydrogen-bond donors (Lipinski definition) is 10. The monoisotopic (exact) mass is 558 g/mol. The molecule has 39 heavy (non-hydrogen) atoms. The van der Waals surface area contributed by atoms with E-state index in [0.29, 0.717) is 19.4 Å². The Kier molecular flexibility index (Phi) is 17.2. The van der Waals surface area contributed by atoms with Crippen molar-refractivity contribution in [2.75, 3.05) is 13.1 Å². The number of carbonyl (C=O) groups excluding carboxylic acids is 5. The highest BCUT2D eigenvalue weighted by atomic mass is 16.4. The van der Waals surface area contributed by atoms with Gasteiger partial charge in [0.25, 0.3) is 0 Å². The van der Waals surface area contributed by atoms with E-state index in [9.17, 15) is 33.9 Å². The SMILES string of the molecule is NCCCCC(NC(=O)C(N)CCC(N)=O)C(=O)NC(CCCN=C(N)N)C(=O)NC(CCC(N)=O)C(=O)O. The van der Waals surface area contributed by atoms with Crippen molar-refractivity contribution >= 4 is 41.5 Å². The molecule has 0 aromatic carbocycles. The number of hydrogen-bond acceptors (Lipinski definition) is 9. The number of carbonyl (C=O) groups is 6. The molecule has 0 aliphatic carbocycles. The zero-order chi connectivity index (χ0) is 30.0. The first-order chi connectivity index (χ1) is 18.3. The Hall–Kier alpha value is -3.99. The van der Waals surface area contributed by atoms with Crippen molar-refractivity contribution in [2.24, 2.45) is 39.4 Å². The fraction of sp³-hybridized carbons (Fsp3) is 0.682. The zero-order valence-corrected chi connectivity index (χ0v) is 21.9. The Morgan fingerprint density at radius 1 is 0.667 bits per heavy atom. The first-order valence-corrected chi connectivity index (χ1v) is 12.5. The average Bonchev–Trinajstić information content (AvgIpc) is 2.85. The number of aliphatic imine (C=N–C) groups is 1. The third kappa shape index (κ3) is 16.5. The number of nitrogens with one attached hydrogen (secondary N) is 3. The number of rotatable bonds is 21. The minimum Gasteiger partial charge on any atom is -0.480 e. The first-order valence-electron chi connectivity index (χ1n) is 12.5. The summed E-state index contributed by atoms with van der Waals surface area (Å²) >= 11 is 0. The highest BCUT2D eigenvalue weighted by molar-refractivity contribution is 5.94. The number of carboxylic acids is 1. The molecule has 0 saturated heterocycles. The number of carboxylic acid groups (broad SMARTS) is 1. The number of unbranched alkanes of at least 4 members (excludes halogenated alkanes) is 1. The van der Waals surface area contributed by atoms with E-state index in [4.69, 9.17) is 34.4 Å². The number of aliphatic carboxylic acids is 1. The number of nitrogens with two attached hydrogens (primary N) is 6. The average molecular weight is 559 g/mol. The Labute approximate surface area is 226 Å². The van der Waals surface area contributed by atoms with Gasteiger partial charge in [-0.05, 0) is 51.5 Å². The lowest BCUT2D eigenvalue weighted by atomic mass is 10.0. The molecule has 17 nitrogen and oxygen atoms in total. The highest BCUT2D eigenvalue weighted by Crippen LogP contribution is 2.07. The smallest absolute Gasteiger partial charge is 0.326 e. The molecule has 16 N–H and O–H groups in total. The maximum atomic E-state index is 13.2. The molecule has 0 bridgehead atoms. The molecule has 17 heteroatoms. The summed E-state index contributed by atoms with van der Waals surface area (Å²) < 4.78 is 0. The Morgan fingerprint density at radius 2 is 1.15 bits per heavy atom. The van der Waals surface area contributed by atoms with Gasteiger partial charge in [0, 0.05) is 19.4 Å². The van der Waals surface area contributed by atoms with Crippen LogP contribution >= 0.6 is 0 Å². The standard InChI is InChI=1S/C22H42N10O7/c23-10-2-1-4-13(30-18(35)12(24)6-8-16(25)33)19(36)31-14(5-3-11-29-22(27)28)20(37)32-15(21(38)39)7-9-17(26)34/h12-15H,1-11,23-24H2,(H2,25,33)(H2,26,34)(H,30,35)(H,31,36)(H,32,37)(H,38,39)(H4,27,28,29). The maximum absolute atomic E-state index is 13.2. The molecule has 0 heterocycles. The number of guanidine groups is 1. The summed E-state index contributed by atoms with van der Waals surface area (Å²) in [6.07, 6.45) is 0.714. The van der Waals surface area contributed by atoms with Crippen molar-refractivity contribution < 1.29 is 33.9 Å². The van der Waals surface area contributed by atoms with Crippen LogP contribution in [0.3, 0.4) is 0 Å². The summed E-state index contributed by atoms with van der Waals surface area (Å²) in [6.45, 7) is 0.468. The van der Waals surface area contributed by atoms with E-state index in [1.807, 2.05) is 0 Å². The predicted octanol–water partition coefficient (Wildman–Crippen LogP) is -4.43. The van der Waals surface area contributed by atoms with Crippen LogP contribution in [0.1, 0.15) is 57.8 Å². The van der Waals surface area contributed by atoms with Crippen LogP contribution in [0.5, 0.6) is 0 Å². The Balaban J connectivity index is 5.67. The van der Waals surface area contributed by atoms with E-state index in [1.54, 1.807) is 0 Å². The zero-order valence-electron chi connectivity index (χ0n) is 21.9. The molecule has 4 atom stereocenters. The van der Waals surface area contributed by atoms with Crippen LogP contribution in [0.4, 0.5) is 0 Å². The van der Waals surface area contributed by atoms with Gasteiger partial charge < -0.3 is 55.5 Å². The van der Waals surface area contributed by atoms with Gasteiger partial charge in [0.1, 0.15) is 18.1 Å². The van der Waals surface area contributed by atoms with E-state index in [1.165, 1.54) is 0 Å². The van der Waals surface area contributed by atoms with E-state index >= 15 is 0 Å². The molecular weight excluding hydrogens is 516 g/mol. The van der Waals surface area contributed by atoms with E-state index < -0.39 is 59.7 Å². The largest absolute Gasteiger partial charge is 0.480 e. The second-order valence-electron chi connectivity index (χ2n) is 8.87. The van der Waals surface area contributed by atoms with Crippen molar-refractivity contribution in [1.82, 2.24) is 16.0 Å². The van der Waals surface area contributed by atoms with Crippen LogP contribution < -0.4 is 50.4 Å². The van der Waals surface area contributed by atoms with E-state index in [-0.39, 0.29) is 57.5 Å². The predicted molar refractivity (Wildman–Crippen MR) is 141 cm³/mol. The summed E-state index contributed by atoms with van der Waals surface area (Å²) in [6, 6.07) is -4.89. The first kappa shape index (κ1) is 35.0. The lowest BCUT2D eigenvalue weighted by Crippen LogP contribution is -2.57. The molecular formula is C22H42N10O7. The lowest BCUT2D eigenvalue weighted by Gasteiger charge is -2.25. The Bertz CT molecular complexity index is 879. The van der Waals surface area contributed by atoms with Gasteiger partial charge in [-0.3, -0.25) is 29.0 Å². The third-order valence-corrected chi connectivity index (χ3v) is 5.49. The molecule has 0 rings (SSSR count).